The van der Waals surface area contributed by atoms with E-state index in [4.69, 9.17) is 0 Å². The van der Waals surface area contributed by atoms with Gasteiger partial charge in [0.1, 0.15) is 5.82 Å². The Bertz CT molecular complexity index is 505. The van der Waals surface area contributed by atoms with E-state index in [-0.39, 0.29) is 5.82 Å². The minimum atomic E-state index is -0.247. The molecule has 1 fully saturated rings. The maximum absolute atomic E-state index is 13.0. The molecule has 16 heavy (non-hydrogen) atoms. The number of benzene rings is 1. The number of nitrogens with zero attached hydrogens (tertiary/aromatic N) is 2. The summed E-state index contributed by atoms with van der Waals surface area (Å²) >= 11 is 1.34. The summed E-state index contributed by atoms with van der Waals surface area (Å²) in [6, 6.07) is 5.88. The molecule has 1 radical (unpaired) electrons. The smallest absolute Gasteiger partial charge is 0.150 e. The highest BCUT2D eigenvalue weighted by Crippen LogP contribution is 2.29. The third kappa shape index (κ3) is 1.66. The molecular weight excluding hydrogens is 225 g/mol. The molecule has 3 rings (SSSR count). The molecule has 1 aromatic heterocycles. The van der Waals surface area contributed by atoms with Gasteiger partial charge >= 0.3 is 0 Å². The van der Waals surface area contributed by atoms with Gasteiger partial charge in [-0.15, -0.1) is 0 Å². The van der Waals surface area contributed by atoms with Gasteiger partial charge in [0, 0.05) is 31.6 Å². The summed E-state index contributed by atoms with van der Waals surface area (Å²) in [4.78, 5) is 2.23. The third-order valence-electron chi connectivity index (χ3n) is 2.74. The molecule has 0 saturated carbocycles. The quantitative estimate of drug-likeness (QED) is 0.816. The molecule has 0 amide bonds. The molecule has 0 spiro atoms. The van der Waals surface area contributed by atoms with Crippen LogP contribution in [0, 0.1) is 11.9 Å². The van der Waals surface area contributed by atoms with E-state index < -0.39 is 0 Å². The fourth-order valence-corrected chi connectivity index (χ4v) is 2.73. The van der Waals surface area contributed by atoms with Gasteiger partial charge in [-0.05, 0) is 29.7 Å². The zero-order valence-corrected chi connectivity index (χ0v) is 9.48. The molecule has 1 saturated heterocycles. The Morgan fingerprint density at radius 1 is 1.44 bits per heavy atom. The summed E-state index contributed by atoms with van der Waals surface area (Å²) in [5.74, 6) is 0.699. The second-order valence-corrected chi connectivity index (χ2v) is 4.61. The van der Waals surface area contributed by atoms with Gasteiger partial charge in [-0.25, -0.2) is 4.39 Å². The first kappa shape index (κ1) is 9.99. The molecule has 0 bridgehead atoms. The molecule has 1 aliphatic heterocycles. The van der Waals surface area contributed by atoms with Crippen molar-refractivity contribution in [2.45, 2.75) is 0 Å². The van der Waals surface area contributed by atoms with E-state index in [1.165, 1.54) is 23.7 Å². The molecule has 5 heteroatoms. The predicted molar refractivity (Wildman–Crippen MR) is 63.5 cm³/mol. The minimum absolute atomic E-state index is 0.247. The van der Waals surface area contributed by atoms with Gasteiger partial charge in [-0.3, -0.25) is 0 Å². The van der Waals surface area contributed by atoms with Crippen LogP contribution in [-0.2, 0) is 0 Å². The fourth-order valence-electron chi connectivity index (χ4n) is 1.93. The van der Waals surface area contributed by atoms with Crippen LogP contribution in [-0.4, -0.2) is 30.6 Å². The van der Waals surface area contributed by atoms with Crippen LogP contribution >= 0.6 is 11.5 Å². The van der Waals surface area contributed by atoms with E-state index >= 15 is 0 Å². The van der Waals surface area contributed by atoms with Crippen molar-refractivity contribution < 1.29 is 4.39 Å². The second kappa shape index (κ2) is 3.99. The molecule has 83 valence electrons. The molecule has 1 aromatic carbocycles. The summed E-state index contributed by atoms with van der Waals surface area (Å²) in [6.45, 7) is 3.84. The Labute approximate surface area is 97.0 Å². The van der Waals surface area contributed by atoms with Gasteiger partial charge in [0.25, 0.3) is 0 Å². The van der Waals surface area contributed by atoms with Gasteiger partial charge in [0.15, 0.2) is 5.82 Å². The first-order chi connectivity index (χ1) is 7.84. The average Bonchev–Trinajstić information content (AvgIpc) is 2.73. The lowest BCUT2D eigenvalue weighted by Crippen LogP contribution is -2.43. The van der Waals surface area contributed by atoms with Crippen LogP contribution < -0.4 is 10.2 Å². The lowest BCUT2D eigenvalue weighted by Gasteiger charge is -2.27. The van der Waals surface area contributed by atoms with E-state index in [0.717, 1.165) is 42.1 Å². The van der Waals surface area contributed by atoms with Gasteiger partial charge in [-0.1, -0.05) is 0 Å². The van der Waals surface area contributed by atoms with Gasteiger partial charge < -0.3 is 10.2 Å². The van der Waals surface area contributed by atoms with Crippen LogP contribution in [0.15, 0.2) is 12.1 Å². The Kier molecular flexibility index (Phi) is 2.49. The zero-order chi connectivity index (χ0) is 11.0. The fraction of sp³-hybridized carbons (Fsp3) is 0.364. The molecule has 2 heterocycles. The van der Waals surface area contributed by atoms with E-state index in [1.807, 2.05) is 0 Å². The third-order valence-corrected chi connectivity index (χ3v) is 3.52. The number of piperazine rings is 1. The molecule has 0 unspecified atom stereocenters. The molecule has 0 atom stereocenters. The summed E-state index contributed by atoms with van der Waals surface area (Å²) < 4.78 is 18.3. The number of fused-ring (bicyclic) bond motifs is 1. The van der Waals surface area contributed by atoms with Crippen molar-refractivity contribution in [3.63, 3.8) is 0 Å². The second-order valence-electron chi connectivity index (χ2n) is 3.80. The maximum atomic E-state index is 13.0. The Morgan fingerprint density at radius 3 is 3.06 bits per heavy atom. The highest BCUT2D eigenvalue weighted by atomic mass is 32.1. The first-order valence-electron chi connectivity index (χ1n) is 5.27. The molecule has 1 N–H and O–H groups in total. The van der Waals surface area contributed by atoms with Crippen LogP contribution in [0.25, 0.3) is 10.1 Å². The van der Waals surface area contributed by atoms with Gasteiger partial charge in [-0.2, -0.15) is 4.37 Å². The normalized spacial score (nSPS) is 16.9. The van der Waals surface area contributed by atoms with Crippen molar-refractivity contribution in [2.24, 2.45) is 0 Å². The number of rotatable bonds is 1. The van der Waals surface area contributed by atoms with Crippen LogP contribution in [0.3, 0.4) is 0 Å². The summed E-state index contributed by atoms with van der Waals surface area (Å²) in [5, 5.41) is 4.24. The molecule has 1 aliphatic rings. The lowest BCUT2D eigenvalue weighted by atomic mass is 10.2. The topological polar surface area (TPSA) is 28.2 Å². The van der Waals surface area contributed by atoms with Crippen molar-refractivity contribution in [2.75, 3.05) is 31.1 Å². The van der Waals surface area contributed by atoms with Gasteiger partial charge in [0.05, 0.1) is 4.70 Å². The van der Waals surface area contributed by atoms with Crippen molar-refractivity contribution in [1.29, 1.82) is 0 Å². The highest BCUT2D eigenvalue weighted by molar-refractivity contribution is 7.13. The van der Waals surface area contributed by atoms with Crippen LogP contribution in [0.1, 0.15) is 0 Å². The summed E-state index contributed by atoms with van der Waals surface area (Å²) in [6.07, 6.45) is 0. The monoisotopic (exact) mass is 236 g/mol. The van der Waals surface area contributed by atoms with Crippen molar-refractivity contribution >= 4 is 27.4 Å². The van der Waals surface area contributed by atoms with Gasteiger partial charge in [0.2, 0.25) is 0 Å². The Morgan fingerprint density at radius 2 is 2.25 bits per heavy atom. The summed E-state index contributed by atoms with van der Waals surface area (Å²) in [7, 11) is 0. The van der Waals surface area contributed by atoms with E-state index in [2.05, 4.69) is 20.7 Å². The maximum Gasteiger partial charge on any atom is 0.150 e. The largest absolute Gasteiger partial charge is 0.353 e. The predicted octanol–water partition coefficient (Wildman–Crippen LogP) is 1.65. The van der Waals surface area contributed by atoms with Crippen molar-refractivity contribution in [3.05, 3.63) is 24.0 Å². The average molecular weight is 236 g/mol. The number of nitrogens with one attached hydrogen (secondary N) is 1. The number of aromatic nitrogens is 1. The molecule has 0 aliphatic carbocycles. The Hall–Kier alpha value is -1.20. The summed E-state index contributed by atoms with van der Waals surface area (Å²) in [5.41, 5.74) is 0. The van der Waals surface area contributed by atoms with E-state index in [1.54, 1.807) is 0 Å². The number of anilines is 1. The van der Waals surface area contributed by atoms with Crippen molar-refractivity contribution in [1.82, 2.24) is 9.69 Å². The Balaban J connectivity index is 2.03. The lowest BCUT2D eigenvalue weighted by molar-refractivity contribution is 0.587. The van der Waals surface area contributed by atoms with E-state index in [0.29, 0.717) is 0 Å². The van der Waals surface area contributed by atoms with E-state index in [9.17, 15) is 4.39 Å². The SMILES string of the molecule is Fc1c[c]c2c(N3CCNCC3)nsc2c1. The van der Waals surface area contributed by atoms with Crippen LogP contribution in [0.4, 0.5) is 10.2 Å². The first-order valence-corrected chi connectivity index (χ1v) is 6.04. The number of halogens is 1. The molecule has 2 aromatic rings. The number of hydrogen-bond acceptors (Lipinski definition) is 4. The number of hydrogen-bond donors (Lipinski definition) is 1. The minimum Gasteiger partial charge on any atom is -0.353 e. The zero-order valence-electron chi connectivity index (χ0n) is 8.66. The molecular formula is C11H11FN3S. The molecule has 3 nitrogen and oxygen atoms in total. The highest BCUT2D eigenvalue weighted by Gasteiger charge is 2.16. The van der Waals surface area contributed by atoms with Crippen LogP contribution in [0.5, 0.6) is 0 Å². The van der Waals surface area contributed by atoms with Crippen LogP contribution in [0.2, 0.25) is 0 Å². The standard InChI is InChI=1S/C11H11FN3S/c12-8-1-2-9-10(7-8)16-14-11(9)15-5-3-13-4-6-15/h1,7,13H,3-6H2. The van der Waals surface area contributed by atoms with Crippen molar-refractivity contribution in [3.8, 4) is 0 Å².